The quantitative estimate of drug-likeness (QED) is 0.205. The molecule has 43 heavy (non-hydrogen) atoms. The lowest BCUT2D eigenvalue weighted by molar-refractivity contribution is 1.07. The van der Waals surface area contributed by atoms with Crippen LogP contribution < -0.4 is 0 Å². The second kappa shape index (κ2) is 10.4. The fourth-order valence-electron chi connectivity index (χ4n) is 5.99. The van der Waals surface area contributed by atoms with Gasteiger partial charge in [-0.25, -0.2) is 4.98 Å². The lowest BCUT2D eigenvalue weighted by atomic mass is 9.95. The highest BCUT2D eigenvalue weighted by molar-refractivity contribution is 7.26. The second-order valence-corrected chi connectivity index (χ2v) is 12.1. The molecule has 0 bridgehead atoms. The fraction of sp³-hybridized carbons (Fsp3) is 0.0263. The molecule has 204 valence electrons. The number of halogens is 1. The zero-order valence-electron chi connectivity index (χ0n) is 23.3. The molecule has 5 heteroatoms. The van der Waals surface area contributed by atoms with E-state index in [9.17, 15) is 0 Å². The second-order valence-electron chi connectivity index (χ2n) is 10.7. The van der Waals surface area contributed by atoms with Gasteiger partial charge in [0.2, 0.25) is 5.28 Å². The molecule has 0 aliphatic rings. The Bertz CT molecular complexity index is 2330. The van der Waals surface area contributed by atoms with Crippen LogP contribution >= 0.6 is 22.9 Å². The summed E-state index contributed by atoms with van der Waals surface area (Å²) in [6, 6.07) is 44.8. The van der Waals surface area contributed by atoms with Gasteiger partial charge in [0.25, 0.3) is 0 Å². The predicted octanol–water partition coefficient (Wildman–Crippen LogP) is 11.0. The highest BCUT2D eigenvalue weighted by Crippen LogP contribution is 2.44. The van der Waals surface area contributed by atoms with Crippen LogP contribution in [0.15, 0.2) is 127 Å². The summed E-state index contributed by atoms with van der Waals surface area (Å²) in [4.78, 5) is 14.1. The van der Waals surface area contributed by atoms with Crippen LogP contribution in [0.4, 0.5) is 0 Å². The Hall–Kier alpha value is -4.90. The van der Waals surface area contributed by atoms with Gasteiger partial charge in [-0.05, 0) is 87.4 Å². The van der Waals surface area contributed by atoms with Crippen LogP contribution in [0.3, 0.4) is 0 Å². The first-order valence-corrected chi connectivity index (χ1v) is 15.3. The minimum atomic E-state index is 0.183. The van der Waals surface area contributed by atoms with Crippen LogP contribution in [0, 0.1) is 6.92 Å². The number of aromatic nitrogens is 3. The molecule has 0 saturated heterocycles. The first kappa shape index (κ1) is 25.8. The molecule has 0 aliphatic heterocycles. The molecule has 0 aliphatic carbocycles. The fourth-order valence-corrected chi connectivity index (χ4v) is 7.39. The molecular weight excluding hydrogens is 566 g/mol. The average Bonchev–Trinajstić information content (AvgIpc) is 3.44. The van der Waals surface area contributed by atoms with Crippen molar-refractivity contribution in [1.82, 2.24) is 15.0 Å². The van der Waals surface area contributed by atoms with Gasteiger partial charge in [-0.3, -0.25) is 0 Å². The van der Waals surface area contributed by atoms with Gasteiger partial charge in [0.15, 0.2) is 11.6 Å². The molecule has 3 nitrogen and oxygen atoms in total. The summed E-state index contributed by atoms with van der Waals surface area (Å²) in [6.07, 6.45) is 0. The number of nitrogens with zero attached hydrogens (tertiary/aromatic N) is 3. The molecule has 6 aromatic carbocycles. The van der Waals surface area contributed by atoms with Crippen molar-refractivity contribution < 1.29 is 0 Å². The van der Waals surface area contributed by atoms with E-state index in [4.69, 9.17) is 16.6 Å². The summed E-state index contributed by atoms with van der Waals surface area (Å²) in [5.74, 6) is 1.14. The summed E-state index contributed by atoms with van der Waals surface area (Å²) in [7, 11) is 0. The lowest BCUT2D eigenvalue weighted by Gasteiger charge is -2.09. The Morgan fingerprint density at radius 2 is 1.23 bits per heavy atom. The van der Waals surface area contributed by atoms with Crippen molar-refractivity contribution in [1.29, 1.82) is 0 Å². The Morgan fingerprint density at radius 3 is 2.14 bits per heavy atom. The first-order chi connectivity index (χ1) is 21.1. The van der Waals surface area contributed by atoms with Crippen LogP contribution in [0.2, 0.25) is 5.28 Å². The molecule has 0 atom stereocenters. The summed E-state index contributed by atoms with van der Waals surface area (Å²) in [6.45, 7) is 2.11. The van der Waals surface area contributed by atoms with Crippen LogP contribution in [0.1, 0.15) is 5.56 Å². The zero-order chi connectivity index (χ0) is 28.9. The predicted molar refractivity (Wildman–Crippen MR) is 182 cm³/mol. The maximum Gasteiger partial charge on any atom is 0.226 e. The van der Waals surface area contributed by atoms with Crippen molar-refractivity contribution in [2.45, 2.75) is 6.92 Å². The van der Waals surface area contributed by atoms with E-state index in [2.05, 4.69) is 138 Å². The smallest absolute Gasteiger partial charge is 0.208 e. The monoisotopic (exact) mass is 589 g/mol. The van der Waals surface area contributed by atoms with Crippen molar-refractivity contribution in [3.63, 3.8) is 0 Å². The maximum absolute atomic E-state index is 6.55. The minimum absolute atomic E-state index is 0.183. The van der Waals surface area contributed by atoms with E-state index in [1.807, 2.05) is 6.07 Å². The molecule has 0 spiro atoms. The van der Waals surface area contributed by atoms with Gasteiger partial charge in [-0.1, -0.05) is 97.1 Å². The van der Waals surface area contributed by atoms with Gasteiger partial charge < -0.3 is 0 Å². The third-order valence-electron chi connectivity index (χ3n) is 7.98. The van der Waals surface area contributed by atoms with E-state index in [-0.39, 0.29) is 5.28 Å². The molecule has 0 saturated carbocycles. The average molecular weight is 590 g/mol. The van der Waals surface area contributed by atoms with Crippen molar-refractivity contribution in [2.24, 2.45) is 0 Å². The van der Waals surface area contributed by atoms with Crippen molar-refractivity contribution in [2.75, 3.05) is 0 Å². The van der Waals surface area contributed by atoms with Gasteiger partial charge in [0.05, 0.1) is 0 Å². The van der Waals surface area contributed by atoms with Crippen LogP contribution in [-0.4, -0.2) is 15.0 Å². The molecule has 0 N–H and O–H groups in total. The van der Waals surface area contributed by atoms with E-state index in [1.54, 1.807) is 11.3 Å². The summed E-state index contributed by atoms with van der Waals surface area (Å²) in [5, 5.41) is 4.96. The number of aryl methyl sites for hydroxylation is 1. The highest BCUT2D eigenvalue weighted by atomic mass is 35.5. The molecular formula is C38H24ClN3S. The van der Waals surface area contributed by atoms with Gasteiger partial charge in [0.1, 0.15) is 0 Å². The van der Waals surface area contributed by atoms with Crippen LogP contribution in [-0.2, 0) is 0 Å². The molecule has 2 aromatic heterocycles. The third kappa shape index (κ3) is 4.56. The van der Waals surface area contributed by atoms with E-state index in [0.29, 0.717) is 11.6 Å². The molecule has 0 amide bonds. The molecule has 0 radical (unpaired) electrons. The van der Waals surface area contributed by atoms with Crippen molar-refractivity contribution in [3.8, 4) is 45.0 Å². The number of rotatable bonds is 4. The van der Waals surface area contributed by atoms with Gasteiger partial charge in [0, 0.05) is 31.3 Å². The van der Waals surface area contributed by atoms with E-state index in [0.717, 1.165) is 21.2 Å². The minimum Gasteiger partial charge on any atom is -0.208 e. The Morgan fingerprint density at radius 1 is 0.535 bits per heavy atom. The normalized spacial score (nSPS) is 11.5. The maximum atomic E-state index is 6.55. The lowest BCUT2D eigenvalue weighted by Crippen LogP contribution is -1.98. The highest BCUT2D eigenvalue weighted by Gasteiger charge is 2.18. The number of hydrogen-bond acceptors (Lipinski definition) is 4. The SMILES string of the molecule is Cc1cc(-c2nc(Cl)nc(-c3cccc4c3sc3cccc(-c5cccc(-c6ccccc6)c5)c34)n2)cc2ccccc12. The molecule has 0 fully saturated rings. The van der Waals surface area contributed by atoms with E-state index >= 15 is 0 Å². The largest absolute Gasteiger partial charge is 0.226 e. The number of thiophene rings is 1. The zero-order valence-corrected chi connectivity index (χ0v) is 24.8. The molecule has 8 rings (SSSR count). The van der Waals surface area contributed by atoms with Crippen molar-refractivity contribution in [3.05, 3.63) is 138 Å². The summed E-state index contributed by atoms with van der Waals surface area (Å²) < 4.78 is 2.35. The summed E-state index contributed by atoms with van der Waals surface area (Å²) in [5.41, 5.74) is 7.84. The van der Waals surface area contributed by atoms with E-state index < -0.39 is 0 Å². The summed E-state index contributed by atoms with van der Waals surface area (Å²) >= 11 is 8.31. The molecule has 2 heterocycles. The standard InChI is InChI=1S/C38H24ClN3S/c1-23-20-28(22-26-12-5-6-15-29(23)26)36-40-37(42-38(39)41-36)32-18-8-17-31-34-30(16-9-19-33(34)43-35(31)32)27-14-7-13-25(21-27)24-10-3-2-4-11-24/h2-22H,1H3. The third-order valence-corrected chi connectivity index (χ3v) is 9.35. The van der Waals surface area contributed by atoms with E-state index in [1.165, 1.54) is 48.7 Å². The Kier molecular flexibility index (Phi) is 6.25. The molecule has 0 unspecified atom stereocenters. The van der Waals surface area contributed by atoms with Gasteiger partial charge in [-0.15, -0.1) is 11.3 Å². The topological polar surface area (TPSA) is 38.7 Å². The number of hydrogen-bond donors (Lipinski definition) is 0. The Balaban J connectivity index is 1.29. The number of fused-ring (bicyclic) bond motifs is 4. The van der Waals surface area contributed by atoms with Crippen LogP contribution in [0.5, 0.6) is 0 Å². The van der Waals surface area contributed by atoms with Gasteiger partial charge in [-0.2, -0.15) is 9.97 Å². The van der Waals surface area contributed by atoms with Crippen LogP contribution in [0.25, 0.3) is 76.0 Å². The van der Waals surface area contributed by atoms with Crippen molar-refractivity contribution >= 4 is 53.9 Å². The number of benzene rings is 6. The van der Waals surface area contributed by atoms with Gasteiger partial charge >= 0.3 is 0 Å². The first-order valence-electron chi connectivity index (χ1n) is 14.1. The Labute approximate surface area is 258 Å². The molecule has 8 aromatic rings.